The molecule has 0 aromatic heterocycles. The van der Waals surface area contributed by atoms with Crippen molar-refractivity contribution in [3.8, 4) is 0 Å². The van der Waals surface area contributed by atoms with E-state index >= 15 is 0 Å². The minimum atomic E-state index is -5.35. The minimum Gasteiger partial charge on any atom is -0.376 e. The molecule has 0 aliphatic heterocycles. The monoisotopic (exact) mass is 248 g/mol. The van der Waals surface area contributed by atoms with Crippen molar-refractivity contribution in [2.75, 3.05) is 0 Å². The smallest absolute Gasteiger partial charge is 0.376 e. The molecule has 0 rings (SSSR count). The second kappa shape index (κ2) is 4.13. The minimum absolute atomic E-state index is 0.179. The van der Waals surface area contributed by atoms with E-state index in [-0.39, 0.29) is 6.42 Å². The van der Waals surface area contributed by atoms with Gasteiger partial charge in [-0.15, -0.1) is 0 Å². The Balaban J connectivity index is 5.54. The van der Waals surface area contributed by atoms with Crippen LogP contribution < -0.4 is 0 Å². The number of aliphatic hydroxyl groups is 1. The molecule has 98 valence electrons. The fourth-order valence-corrected chi connectivity index (χ4v) is 1.46. The first-order chi connectivity index (χ1) is 6.81. The molecule has 16 heavy (non-hydrogen) atoms. The summed E-state index contributed by atoms with van der Waals surface area (Å²) in [5.41, 5.74) is -5.93. The third-order valence-electron chi connectivity index (χ3n) is 2.54. The van der Waals surface area contributed by atoms with Gasteiger partial charge in [-0.2, -0.15) is 13.2 Å². The number of hydrogen-bond donors (Lipinski definition) is 1. The Morgan fingerprint density at radius 1 is 0.938 bits per heavy atom. The summed E-state index contributed by atoms with van der Waals surface area (Å²) in [6, 6.07) is 0. The van der Waals surface area contributed by atoms with E-state index < -0.39 is 29.5 Å². The molecule has 6 heteroatoms. The highest BCUT2D eigenvalue weighted by molar-refractivity contribution is 5.04. The van der Waals surface area contributed by atoms with Crippen LogP contribution >= 0.6 is 0 Å². The van der Waals surface area contributed by atoms with Gasteiger partial charge in [0.15, 0.2) is 0 Å². The van der Waals surface area contributed by atoms with Crippen LogP contribution in [0.3, 0.4) is 0 Å². The van der Waals surface area contributed by atoms with Crippen LogP contribution in [-0.2, 0) is 0 Å². The van der Waals surface area contributed by atoms with Crippen molar-refractivity contribution in [3.05, 3.63) is 0 Å². The summed E-state index contributed by atoms with van der Waals surface area (Å²) in [7, 11) is 0. The first-order valence-corrected chi connectivity index (χ1v) is 4.98. The van der Waals surface area contributed by atoms with Crippen LogP contribution in [0.1, 0.15) is 40.5 Å². The molecule has 1 N–H and O–H groups in total. The largest absolute Gasteiger partial charge is 0.423 e. The molecule has 0 aliphatic rings. The zero-order valence-corrected chi connectivity index (χ0v) is 9.75. The first kappa shape index (κ1) is 15.6. The van der Waals surface area contributed by atoms with Gasteiger partial charge >= 0.3 is 6.18 Å². The quantitative estimate of drug-likeness (QED) is 0.754. The first-order valence-electron chi connectivity index (χ1n) is 4.98. The third-order valence-corrected chi connectivity index (χ3v) is 2.54. The van der Waals surface area contributed by atoms with Crippen LogP contribution in [0.4, 0.5) is 22.0 Å². The van der Waals surface area contributed by atoms with Crippen molar-refractivity contribution in [3.63, 3.8) is 0 Å². The second-order valence-corrected chi connectivity index (χ2v) is 4.93. The summed E-state index contributed by atoms with van der Waals surface area (Å²) in [4.78, 5) is 0. The predicted molar refractivity (Wildman–Crippen MR) is 50.3 cm³/mol. The zero-order chi connectivity index (χ0) is 13.4. The SMILES string of the molecule is CCCC(O)(C(F)(F)F)C(F)(F)C(C)(C)C. The highest BCUT2D eigenvalue weighted by atomic mass is 19.4. The summed E-state index contributed by atoms with van der Waals surface area (Å²) in [5, 5.41) is 9.34. The van der Waals surface area contributed by atoms with Crippen molar-refractivity contribution < 1.29 is 27.1 Å². The maximum absolute atomic E-state index is 13.7. The molecule has 0 heterocycles. The van der Waals surface area contributed by atoms with E-state index in [1.54, 1.807) is 0 Å². The lowest BCUT2D eigenvalue weighted by Gasteiger charge is -2.43. The number of rotatable bonds is 3. The fraction of sp³-hybridized carbons (Fsp3) is 1.00. The van der Waals surface area contributed by atoms with Crippen molar-refractivity contribution >= 4 is 0 Å². The van der Waals surface area contributed by atoms with Crippen LogP contribution in [0, 0.1) is 5.41 Å². The average Bonchev–Trinajstić information content (AvgIpc) is 1.99. The summed E-state index contributed by atoms with van der Waals surface area (Å²) in [6.07, 6.45) is -6.54. The summed E-state index contributed by atoms with van der Waals surface area (Å²) >= 11 is 0. The van der Waals surface area contributed by atoms with Gasteiger partial charge in [0.1, 0.15) is 0 Å². The van der Waals surface area contributed by atoms with Crippen molar-refractivity contribution in [2.24, 2.45) is 5.41 Å². The molecule has 0 aromatic carbocycles. The fourth-order valence-electron chi connectivity index (χ4n) is 1.46. The van der Waals surface area contributed by atoms with Gasteiger partial charge in [-0.05, 0) is 6.42 Å². The molecule has 1 atom stereocenters. The van der Waals surface area contributed by atoms with Crippen LogP contribution in [0.15, 0.2) is 0 Å². The maximum Gasteiger partial charge on any atom is 0.423 e. The summed E-state index contributed by atoms with van der Waals surface area (Å²) < 4.78 is 65.1. The Bertz CT molecular complexity index is 241. The molecular weight excluding hydrogens is 231 g/mol. The van der Waals surface area contributed by atoms with Crippen LogP contribution in [-0.4, -0.2) is 22.8 Å². The van der Waals surface area contributed by atoms with E-state index in [2.05, 4.69) is 0 Å². The Kier molecular flexibility index (Phi) is 4.03. The van der Waals surface area contributed by atoms with Gasteiger partial charge in [-0.25, -0.2) is 8.78 Å². The van der Waals surface area contributed by atoms with E-state index in [0.717, 1.165) is 20.8 Å². The van der Waals surface area contributed by atoms with Gasteiger partial charge in [-0.1, -0.05) is 34.1 Å². The molecule has 0 saturated heterocycles. The molecule has 0 saturated carbocycles. The summed E-state index contributed by atoms with van der Waals surface area (Å²) in [6.45, 7) is 4.23. The standard InChI is InChI=1S/C10H17F5O/c1-5-6-8(16,10(13,14)15)9(11,12)7(2,3)4/h16H,5-6H2,1-4H3. The molecule has 0 aliphatic carbocycles. The van der Waals surface area contributed by atoms with Gasteiger partial charge in [0, 0.05) is 5.41 Å². The third kappa shape index (κ3) is 2.31. The van der Waals surface area contributed by atoms with Crippen molar-refractivity contribution in [1.29, 1.82) is 0 Å². The lowest BCUT2D eigenvalue weighted by Crippen LogP contribution is -2.63. The molecular formula is C10H17F5O. The molecule has 0 amide bonds. The Morgan fingerprint density at radius 3 is 1.50 bits per heavy atom. The highest BCUT2D eigenvalue weighted by Crippen LogP contribution is 2.52. The van der Waals surface area contributed by atoms with Gasteiger partial charge in [0.2, 0.25) is 5.60 Å². The van der Waals surface area contributed by atoms with E-state index in [4.69, 9.17) is 0 Å². The van der Waals surface area contributed by atoms with Crippen LogP contribution in [0.2, 0.25) is 0 Å². The zero-order valence-electron chi connectivity index (χ0n) is 9.75. The molecule has 1 nitrogen and oxygen atoms in total. The van der Waals surface area contributed by atoms with E-state index in [1.165, 1.54) is 6.92 Å². The molecule has 0 aromatic rings. The van der Waals surface area contributed by atoms with Gasteiger partial charge in [0.25, 0.3) is 5.92 Å². The Morgan fingerprint density at radius 2 is 1.31 bits per heavy atom. The van der Waals surface area contributed by atoms with Crippen LogP contribution in [0.5, 0.6) is 0 Å². The number of hydrogen-bond acceptors (Lipinski definition) is 1. The lowest BCUT2D eigenvalue weighted by atomic mass is 9.75. The number of halogens is 5. The van der Waals surface area contributed by atoms with Crippen molar-refractivity contribution in [1.82, 2.24) is 0 Å². The Labute approximate surface area is 91.6 Å². The molecule has 0 bridgehead atoms. The summed E-state index contributed by atoms with van der Waals surface area (Å²) in [5.74, 6) is -4.24. The number of alkyl halides is 5. The predicted octanol–water partition coefficient (Wildman–Crippen LogP) is 3.76. The molecule has 0 radical (unpaired) electrons. The van der Waals surface area contributed by atoms with Crippen molar-refractivity contribution in [2.45, 2.75) is 58.2 Å². The topological polar surface area (TPSA) is 20.2 Å². The second-order valence-electron chi connectivity index (χ2n) is 4.93. The van der Waals surface area contributed by atoms with E-state index in [1.807, 2.05) is 0 Å². The van der Waals surface area contributed by atoms with Gasteiger partial charge in [-0.3, -0.25) is 0 Å². The molecule has 0 fully saturated rings. The lowest BCUT2D eigenvalue weighted by molar-refractivity contribution is -0.355. The molecule has 0 spiro atoms. The highest BCUT2D eigenvalue weighted by Gasteiger charge is 2.71. The van der Waals surface area contributed by atoms with Gasteiger partial charge in [0.05, 0.1) is 0 Å². The van der Waals surface area contributed by atoms with Crippen LogP contribution in [0.25, 0.3) is 0 Å². The normalized spacial score (nSPS) is 18.4. The Hall–Kier alpha value is -0.390. The van der Waals surface area contributed by atoms with Gasteiger partial charge < -0.3 is 5.11 Å². The van der Waals surface area contributed by atoms with E-state index in [9.17, 15) is 27.1 Å². The van der Waals surface area contributed by atoms with E-state index in [0.29, 0.717) is 0 Å². The maximum atomic E-state index is 13.7. The average molecular weight is 248 g/mol. The molecule has 1 unspecified atom stereocenters.